The van der Waals surface area contributed by atoms with Crippen LogP contribution < -0.4 is 5.73 Å². The predicted molar refractivity (Wildman–Crippen MR) is 81.8 cm³/mol. The Morgan fingerprint density at radius 2 is 2.16 bits per heavy atom. The summed E-state index contributed by atoms with van der Waals surface area (Å²) >= 11 is 3.55. The van der Waals surface area contributed by atoms with E-state index in [4.69, 9.17) is 10.7 Å². The van der Waals surface area contributed by atoms with Gasteiger partial charge < -0.3 is 5.73 Å². The molecule has 2 aromatic heterocycles. The van der Waals surface area contributed by atoms with Crippen LogP contribution in [0, 0.1) is 0 Å². The van der Waals surface area contributed by atoms with Crippen LogP contribution in [0.15, 0.2) is 22.2 Å². The third kappa shape index (κ3) is 2.89. The number of rotatable bonds is 5. The van der Waals surface area contributed by atoms with Gasteiger partial charge in [0.1, 0.15) is 5.01 Å². The highest BCUT2D eigenvalue weighted by Crippen LogP contribution is 2.34. The fraction of sp³-hybridized carbons (Fsp3) is 0.500. The van der Waals surface area contributed by atoms with E-state index in [2.05, 4.69) is 27.1 Å². The lowest BCUT2D eigenvalue weighted by atomic mass is 10.1. The molecule has 0 aliphatic carbocycles. The van der Waals surface area contributed by atoms with Crippen LogP contribution in [0.5, 0.6) is 0 Å². The standard InChI is InChI=1S/C14H19N3S2/c15-5-3-12-10-19-14(16-12)13(11-4-8-18-9-11)17-6-1-2-7-17/h4,8-10,13H,1-3,5-7,15H2. The molecule has 1 saturated heterocycles. The van der Waals surface area contributed by atoms with Crippen LogP contribution in [0.2, 0.25) is 0 Å². The van der Waals surface area contributed by atoms with Crippen LogP contribution in [0.4, 0.5) is 0 Å². The van der Waals surface area contributed by atoms with Gasteiger partial charge in [0.05, 0.1) is 11.7 Å². The molecule has 3 nitrogen and oxygen atoms in total. The van der Waals surface area contributed by atoms with Crippen LogP contribution in [0.3, 0.4) is 0 Å². The molecule has 1 fully saturated rings. The highest BCUT2D eigenvalue weighted by molar-refractivity contribution is 7.10. The van der Waals surface area contributed by atoms with Crippen LogP contribution in [0.1, 0.15) is 35.1 Å². The van der Waals surface area contributed by atoms with Gasteiger partial charge in [-0.25, -0.2) is 4.98 Å². The molecule has 102 valence electrons. The van der Waals surface area contributed by atoms with E-state index in [1.54, 1.807) is 22.7 Å². The zero-order valence-corrected chi connectivity index (χ0v) is 12.6. The molecule has 1 unspecified atom stereocenters. The van der Waals surface area contributed by atoms with Crippen molar-refractivity contribution in [3.8, 4) is 0 Å². The molecule has 0 radical (unpaired) electrons. The number of likely N-dealkylation sites (tertiary alicyclic amines) is 1. The molecular weight excluding hydrogens is 274 g/mol. The average Bonchev–Trinajstić information content (AvgIpc) is 3.13. The second-order valence-electron chi connectivity index (χ2n) is 4.92. The number of thiophene rings is 1. The van der Waals surface area contributed by atoms with Gasteiger partial charge in [-0.05, 0) is 54.9 Å². The Bertz CT molecular complexity index is 501. The third-order valence-electron chi connectivity index (χ3n) is 3.57. The van der Waals surface area contributed by atoms with Crippen LogP contribution in [-0.2, 0) is 6.42 Å². The largest absolute Gasteiger partial charge is 0.330 e. The fourth-order valence-electron chi connectivity index (χ4n) is 2.65. The van der Waals surface area contributed by atoms with Crippen LogP contribution in [0.25, 0.3) is 0 Å². The Labute approximate surface area is 122 Å². The second kappa shape index (κ2) is 6.13. The van der Waals surface area contributed by atoms with E-state index < -0.39 is 0 Å². The minimum absolute atomic E-state index is 0.352. The first-order valence-corrected chi connectivity index (χ1v) is 8.61. The molecule has 3 rings (SSSR count). The average molecular weight is 293 g/mol. The summed E-state index contributed by atoms with van der Waals surface area (Å²) in [6.07, 6.45) is 3.50. The normalized spacial score (nSPS) is 17.9. The van der Waals surface area contributed by atoms with E-state index in [0.29, 0.717) is 12.6 Å². The van der Waals surface area contributed by atoms with E-state index in [1.165, 1.54) is 36.5 Å². The monoisotopic (exact) mass is 293 g/mol. The molecule has 2 aromatic rings. The van der Waals surface area contributed by atoms with Crippen molar-refractivity contribution < 1.29 is 0 Å². The van der Waals surface area contributed by atoms with Gasteiger partial charge in [-0.2, -0.15) is 11.3 Å². The van der Waals surface area contributed by atoms with Crippen LogP contribution in [-0.4, -0.2) is 29.5 Å². The molecular formula is C14H19N3S2. The fourth-order valence-corrected chi connectivity index (χ4v) is 4.34. The van der Waals surface area contributed by atoms with Crippen molar-refractivity contribution in [2.24, 2.45) is 5.73 Å². The van der Waals surface area contributed by atoms with Gasteiger partial charge in [-0.15, -0.1) is 11.3 Å². The van der Waals surface area contributed by atoms with Gasteiger partial charge in [-0.3, -0.25) is 4.90 Å². The molecule has 1 atom stereocenters. The Morgan fingerprint density at radius 3 is 2.84 bits per heavy atom. The van der Waals surface area contributed by atoms with E-state index in [1.807, 2.05) is 0 Å². The Hall–Kier alpha value is -0.750. The van der Waals surface area contributed by atoms with Crippen molar-refractivity contribution in [3.05, 3.63) is 38.5 Å². The molecule has 0 amide bonds. The van der Waals surface area contributed by atoms with E-state index >= 15 is 0 Å². The molecule has 3 heterocycles. The van der Waals surface area contributed by atoms with Gasteiger partial charge in [0.2, 0.25) is 0 Å². The Balaban J connectivity index is 1.89. The number of nitrogens with two attached hydrogens (primary N) is 1. The third-order valence-corrected chi connectivity index (χ3v) is 5.22. The summed E-state index contributed by atoms with van der Waals surface area (Å²) in [5, 5.41) is 7.81. The summed E-state index contributed by atoms with van der Waals surface area (Å²) in [5.41, 5.74) is 8.15. The molecule has 5 heteroatoms. The summed E-state index contributed by atoms with van der Waals surface area (Å²) < 4.78 is 0. The van der Waals surface area contributed by atoms with E-state index in [9.17, 15) is 0 Å². The molecule has 1 aliphatic rings. The van der Waals surface area contributed by atoms with Crippen molar-refractivity contribution in [3.63, 3.8) is 0 Å². The lowest BCUT2D eigenvalue weighted by Gasteiger charge is -2.25. The quantitative estimate of drug-likeness (QED) is 0.921. The summed E-state index contributed by atoms with van der Waals surface area (Å²) in [6.45, 7) is 3.05. The van der Waals surface area contributed by atoms with Gasteiger partial charge in [0, 0.05) is 11.8 Å². The summed E-state index contributed by atoms with van der Waals surface area (Å²) in [4.78, 5) is 7.36. The zero-order valence-electron chi connectivity index (χ0n) is 10.9. The molecule has 0 saturated carbocycles. The van der Waals surface area contributed by atoms with E-state index in [0.717, 1.165) is 12.1 Å². The molecule has 0 bridgehead atoms. The highest BCUT2D eigenvalue weighted by atomic mass is 32.1. The first-order valence-electron chi connectivity index (χ1n) is 6.79. The maximum atomic E-state index is 5.62. The van der Waals surface area contributed by atoms with Crippen molar-refractivity contribution in [1.29, 1.82) is 0 Å². The SMILES string of the molecule is NCCc1csc(C(c2ccsc2)N2CCCC2)n1. The predicted octanol–water partition coefficient (Wildman–Crippen LogP) is 2.89. The van der Waals surface area contributed by atoms with E-state index in [-0.39, 0.29) is 0 Å². The first kappa shape index (κ1) is 13.2. The number of thiazole rings is 1. The number of aromatic nitrogens is 1. The molecule has 1 aliphatic heterocycles. The lowest BCUT2D eigenvalue weighted by Crippen LogP contribution is -2.26. The number of hydrogen-bond acceptors (Lipinski definition) is 5. The summed E-state index contributed by atoms with van der Waals surface area (Å²) in [6, 6.07) is 2.59. The molecule has 2 N–H and O–H groups in total. The van der Waals surface area contributed by atoms with Gasteiger partial charge >= 0.3 is 0 Å². The Kier molecular flexibility index (Phi) is 4.28. The molecule has 19 heavy (non-hydrogen) atoms. The molecule has 0 spiro atoms. The Morgan fingerprint density at radius 1 is 1.32 bits per heavy atom. The first-order chi connectivity index (χ1) is 9.38. The van der Waals surface area contributed by atoms with Crippen molar-refractivity contribution in [2.75, 3.05) is 19.6 Å². The number of hydrogen-bond donors (Lipinski definition) is 1. The number of nitrogens with zero attached hydrogens (tertiary/aromatic N) is 2. The topological polar surface area (TPSA) is 42.1 Å². The van der Waals surface area contributed by atoms with Crippen LogP contribution >= 0.6 is 22.7 Å². The van der Waals surface area contributed by atoms with Gasteiger partial charge in [0.15, 0.2) is 0 Å². The zero-order chi connectivity index (χ0) is 13.1. The lowest BCUT2D eigenvalue weighted by molar-refractivity contribution is 0.281. The minimum Gasteiger partial charge on any atom is -0.330 e. The van der Waals surface area contributed by atoms with Gasteiger partial charge in [0.25, 0.3) is 0 Å². The van der Waals surface area contributed by atoms with Crippen molar-refractivity contribution in [1.82, 2.24) is 9.88 Å². The van der Waals surface area contributed by atoms with Crippen molar-refractivity contribution >= 4 is 22.7 Å². The van der Waals surface area contributed by atoms with Crippen molar-refractivity contribution in [2.45, 2.75) is 25.3 Å². The second-order valence-corrected chi connectivity index (χ2v) is 6.59. The summed E-state index contributed by atoms with van der Waals surface area (Å²) in [7, 11) is 0. The smallest absolute Gasteiger partial charge is 0.115 e. The maximum Gasteiger partial charge on any atom is 0.115 e. The minimum atomic E-state index is 0.352. The highest BCUT2D eigenvalue weighted by Gasteiger charge is 2.27. The maximum absolute atomic E-state index is 5.62. The molecule has 0 aromatic carbocycles. The van der Waals surface area contributed by atoms with Gasteiger partial charge in [-0.1, -0.05) is 0 Å². The summed E-state index contributed by atoms with van der Waals surface area (Å²) in [5.74, 6) is 0.